The number of aromatic nitrogens is 1. The van der Waals surface area contributed by atoms with Crippen LogP contribution in [0.15, 0.2) is 59.7 Å². The molecule has 6 heteroatoms. The average molecular weight is 490 g/mol. The first-order valence-electron chi connectivity index (χ1n) is 11.6. The SMILES string of the molecule is CC(C)(C)[C@@H]1CCc2c(sc(N=Cc3c[nH]c4ccccc34)c2C(=O)Nc2ccc(Cl)cc2)C1. The Hall–Kier alpha value is -2.89. The number of hydrogen-bond acceptors (Lipinski definition) is 3. The molecule has 0 saturated carbocycles. The number of aliphatic imine (C=N–C) groups is 1. The summed E-state index contributed by atoms with van der Waals surface area (Å²) in [6.07, 6.45) is 6.81. The van der Waals surface area contributed by atoms with E-state index in [1.54, 1.807) is 23.5 Å². The molecule has 2 aromatic heterocycles. The number of amides is 1. The highest BCUT2D eigenvalue weighted by atomic mass is 35.5. The van der Waals surface area contributed by atoms with Gasteiger partial charge in [0.1, 0.15) is 5.00 Å². The summed E-state index contributed by atoms with van der Waals surface area (Å²) in [5.74, 6) is 0.483. The molecular formula is C28H28ClN3OS. The zero-order valence-corrected chi connectivity index (χ0v) is 21.2. The van der Waals surface area contributed by atoms with Crippen LogP contribution in [0.1, 0.15) is 53.6 Å². The first-order chi connectivity index (χ1) is 16.3. The molecule has 2 N–H and O–H groups in total. The minimum Gasteiger partial charge on any atom is -0.361 e. The molecular weight excluding hydrogens is 462 g/mol. The van der Waals surface area contributed by atoms with Crippen LogP contribution in [0.5, 0.6) is 0 Å². The van der Waals surface area contributed by atoms with Gasteiger partial charge in [0.15, 0.2) is 0 Å². The molecule has 0 fully saturated rings. The third kappa shape index (κ3) is 4.55. The summed E-state index contributed by atoms with van der Waals surface area (Å²) in [5.41, 5.74) is 4.91. The first-order valence-corrected chi connectivity index (χ1v) is 12.8. The van der Waals surface area contributed by atoms with Crippen LogP contribution in [0, 0.1) is 11.3 Å². The predicted molar refractivity (Wildman–Crippen MR) is 144 cm³/mol. The Morgan fingerprint density at radius 3 is 2.71 bits per heavy atom. The number of hydrogen-bond donors (Lipinski definition) is 2. The van der Waals surface area contributed by atoms with E-state index in [2.05, 4.69) is 37.1 Å². The van der Waals surface area contributed by atoms with Crippen LogP contribution in [-0.4, -0.2) is 17.1 Å². The summed E-state index contributed by atoms with van der Waals surface area (Å²) in [4.78, 5) is 22.9. The van der Waals surface area contributed by atoms with Crippen molar-refractivity contribution in [1.29, 1.82) is 0 Å². The summed E-state index contributed by atoms with van der Waals surface area (Å²) in [6, 6.07) is 15.4. The first kappa shape index (κ1) is 22.9. The Balaban J connectivity index is 1.52. The summed E-state index contributed by atoms with van der Waals surface area (Å²) in [6.45, 7) is 6.92. The zero-order valence-electron chi connectivity index (χ0n) is 19.6. The molecule has 4 aromatic rings. The van der Waals surface area contributed by atoms with Gasteiger partial charge in [-0.1, -0.05) is 50.6 Å². The van der Waals surface area contributed by atoms with Crippen LogP contribution >= 0.6 is 22.9 Å². The Bertz CT molecular complexity index is 1380. The van der Waals surface area contributed by atoms with Crippen LogP contribution in [0.3, 0.4) is 0 Å². The van der Waals surface area contributed by atoms with Gasteiger partial charge in [-0.3, -0.25) is 4.79 Å². The number of thiophene rings is 1. The van der Waals surface area contributed by atoms with Gasteiger partial charge >= 0.3 is 0 Å². The monoisotopic (exact) mass is 489 g/mol. The fourth-order valence-corrected chi connectivity index (χ4v) is 6.09. The largest absolute Gasteiger partial charge is 0.361 e. The van der Waals surface area contributed by atoms with E-state index in [1.165, 1.54) is 4.88 Å². The number of nitrogens with one attached hydrogen (secondary N) is 2. The lowest BCUT2D eigenvalue weighted by atomic mass is 9.72. The van der Waals surface area contributed by atoms with E-state index >= 15 is 0 Å². The molecule has 0 bridgehead atoms. The number of carbonyl (C=O) groups is 1. The van der Waals surface area contributed by atoms with E-state index in [9.17, 15) is 4.79 Å². The minimum atomic E-state index is -0.111. The molecule has 2 aromatic carbocycles. The van der Waals surface area contributed by atoms with E-state index in [0.717, 1.165) is 52.0 Å². The number of para-hydroxylation sites is 1. The van der Waals surface area contributed by atoms with E-state index in [1.807, 2.05) is 42.7 Å². The Labute approximate surface area is 209 Å². The normalized spacial score (nSPS) is 16.2. The molecule has 0 unspecified atom stereocenters. The lowest BCUT2D eigenvalue weighted by Gasteiger charge is -2.33. The second-order valence-electron chi connectivity index (χ2n) is 10.00. The fraction of sp³-hybridized carbons (Fsp3) is 0.286. The molecule has 0 aliphatic heterocycles. The summed E-state index contributed by atoms with van der Waals surface area (Å²) in [7, 11) is 0. The van der Waals surface area contributed by atoms with Gasteiger partial charge in [-0.2, -0.15) is 0 Å². The number of aromatic amines is 1. The zero-order chi connectivity index (χ0) is 23.9. The Kier molecular flexibility index (Phi) is 6.09. The van der Waals surface area contributed by atoms with Crippen LogP contribution in [0.25, 0.3) is 10.9 Å². The molecule has 0 saturated heterocycles. The molecule has 0 radical (unpaired) electrons. The molecule has 1 aliphatic rings. The Morgan fingerprint density at radius 1 is 1.18 bits per heavy atom. The molecule has 174 valence electrons. The van der Waals surface area contributed by atoms with Crippen LogP contribution in [0.4, 0.5) is 10.7 Å². The second kappa shape index (κ2) is 9.05. The quantitative estimate of drug-likeness (QED) is 0.280. The van der Waals surface area contributed by atoms with E-state index in [0.29, 0.717) is 16.5 Å². The summed E-state index contributed by atoms with van der Waals surface area (Å²) >= 11 is 7.68. The highest BCUT2D eigenvalue weighted by Gasteiger charge is 2.33. The van der Waals surface area contributed by atoms with Crippen molar-refractivity contribution in [1.82, 2.24) is 4.98 Å². The van der Waals surface area contributed by atoms with Crippen LogP contribution in [0.2, 0.25) is 5.02 Å². The van der Waals surface area contributed by atoms with Gasteiger partial charge in [-0.15, -0.1) is 11.3 Å². The highest BCUT2D eigenvalue weighted by Crippen LogP contribution is 2.45. The molecule has 5 rings (SSSR count). The van der Waals surface area contributed by atoms with E-state index < -0.39 is 0 Å². The molecule has 0 spiro atoms. The number of halogens is 1. The number of H-pyrrole nitrogens is 1. The predicted octanol–water partition coefficient (Wildman–Crippen LogP) is 8.04. The van der Waals surface area contributed by atoms with Crippen LogP contribution in [-0.2, 0) is 12.8 Å². The van der Waals surface area contributed by atoms with Crippen molar-refractivity contribution in [3.05, 3.63) is 81.3 Å². The maximum Gasteiger partial charge on any atom is 0.259 e. The second-order valence-corrected chi connectivity index (χ2v) is 11.5. The van der Waals surface area contributed by atoms with Crippen molar-refractivity contribution < 1.29 is 4.79 Å². The van der Waals surface area contributed by atoms with Crippen molar-refractivity contribution in [2.75, 3.05) is 5.32 Å². The van der Waals surface area contributed by atoms with Gasteiger partial charge < -0.3 is 10.3 Å². The van der Waals surface area contributed by atoms with E-state index in [-0.39, 0.29) is 11.3 Å². The minimum absolute atomic E-state index is 0.111. The number of rotatable bonds is 4. The summed E-state index contributed by atoms with van der Waals surface area (Å²) < 4.78 is 0. The van der Waals surface area contributed by atoms with Crippen molar-refractivity contribution in [3.8, 4) is 0 Å². The number of nitrogens with zero attached hydrogens (tertiary/aromatic N) is 1. The number of anilines is 1. The van der Waals surface area contributed by atoms with Gasteiger partial charge in [-0.05, 0) is 66.5 Å². The molecule has 1 aliphatic carbocycles. The third-order valence-electron chi connectivity index (χ3n) is 6.74. The van der Waals surface area contributed by atoms with Gasteiger partial charge in [0.2, 0.25) is 0 Å². The average Bonchev–Trinajstić information content (AvgIpc) is 3.39. The topological polar surface area (TPSA) is 57.2 Å². The maximum absolute atomic E-state index is 13.5. The molecule has 1 amide bonds. The van der Waals surface area contributed by atoms with Crippen molar-refractivity contribution >= 4 is 56.7 Å². The molecule has 4 nitrogen and oxygen atoms in total. The number of fused-ring (bicyclic) bond motifs is 2. The third-order valence-corrected chi connectivity index (χ3v) is 8.16. The van der Waals surface area contributed by atoms with Crippen LogP contribution < -0.4 is 5.32 Å². The number of benzene rings is 2. The highest BCUT2D eigenvalue weighted by molar-refractivity contribution is 7.16. The smallest absolute Gasteiger partial charge is 0.259 e. The maximum atomic E-state index is 13.5. The molecule has 2 heterocycles. The molecule has 34 heavy (non-hydrogen) atoms. The lowest BCUT2D eigenvalue weighted by molar-refractivity contribution is 0.102. The van der Waals surface area contributed by atoms with Crippen molar-refractivity contribution in [2.45, 2.75) is 40.0 Å². The van der Waals surface area contributed by atoms with Crippen molar-refractivity contribution in [2.24, 2.45) is 16.3 Å². The van der Waals surface area contributed by atoms with Gasteiger partial charge in [0.25, 0.3) is 5.91 Å². The van der Waals surface area contributed by atoms with Gasteiger partial charge in [-0.25, -0.2) is 4.99 Å². The Morgan fingerprint density at radius 2 is 1.94 bits per heavy atom. The number of carbonyl (C=O) groups excluding carboxylic acids is 1. The lowest BCUT2D eigenvalue weighted by Crippen LogP contribution is -2.27. The summed E-state index contributed by atoms with van der Waals surface area (Å²) in [5, 5.41) is 5.59. The fourth-order valence-electron chi connectivity index (χ4n) is 4.69. The van der Waals surface area contributed by atoms with E-state index in [4.69, 9.17) is 16.6 Å². The van der Waals surface area contributed by atoms with Crippen molar-refractivity contribution in [3.63, 3.8) is 0 Å². The standard InChI is InChI=1S/C28H28ClN3OS/c1-28(2,3)18-8-13-22-24(14-18)34-27(25(22)26(33)32-20-11-9-19(29)10-12-20)31-16-17-15-30-23-7-5-4-6-21(17)23/h4-7,9-12,15-16,18,30H,8,13-14H2,1-3H3,(H,32,33)/t18-/m1/s1. The molecule has 1 atom stereocenters. The van der Waals surface area contributed by atoms with Gasteiger partial charge in [0, 0.05) is 44.5 Å². The van der Waals surface area contributed by atoms with Gasteiger partial charge in [0.05, 0.1) is 5.56 Å².